The van der Waals surface area contributed by atoms with Gasteiger partial charge in [0.05, 0.1) is 6.10 Å². The van der Waals surface area contributed by atoms with Crippen molar-refractivity contribution in [1.29, 1.82) is 0 Å². The highest BCUT2D eigenvalue weighted by molar-refractivity contribution is 9.10. The first-order chi connectivity index (χ1) is 8.54. The standard InChI is InChI=1S/C14H22BrNOS/c1-11(10-18-3)16(2)8-7-14(17)12-5-4-6-13(15)9-12/h4-6,9,11,14,17H,7-8,10H2,1-3H3. The van der Waals surface area contributed by atoms with Crippen LogP contribution in [0.4, 0.5) is 0 Å². The molecule has 0 saturated heterocycles. The number of halogens is 1. The maximum atomic E-state index is 10.2. The number of hydrogen-bond acceptors (Lipinski definition) is 3. The van der Waals surface area contributed by atoms with E-state index in [0.717, 1.165) is 28.8 Å². The number of benzene rings is 1. The molecule has 0 heterocycles. The Morgan fingerprint density at radius 3 is 2.78 bits per heavy atom. The van der Waals surface area contributed by atoms with Crippen LogP contribution in [-0.4, -0.2) is 41.6 Å². The van der Waals surface area contributed by atoms with Crippen LogP contribution in [-0.2, 0) is 0 Å². The Hall–Kier alpha value is -0.0300. The second-order valence-electron chi connectivity index (χ2n) is 4.64. The summed E-state index contributed by atoms with van der Waals surface area (Å²) in [7, 11) is 2.12. The van der Waals surface area contributed by atoms with Crippen molar-refractivity contribution in [2.75, 3.05) is 25.6 Å². The van der Waals surface area contributed by atoms with Gasteiger partial charge in [-0.15, -0.1) is 0 Å². The van der Waals surface area contributed by atoms with Gasteiger partial charge in [0.15, 0.2) is 0 Å². The first kappa shape index (κ1) is 16.0. The van der Waals surface area contributed by atoms with E-state index >= 15 is 0 Å². The third kappa shape index (κ3) is 5.31. The Balaban J connectivity index is 2.43. The summed E-state index contributed by atoms with van der Waals surface area (Å²) in [5, 5.41) is 10.2. The fourth-order valence-corrected chi connectivity index (χ4v) is 2.95. The molecule has 1 aromatic rings. The molecule has 102 valence electrons. The smallest absolute Gasteiger partial charge is 0.0802 e. The van der Waals surface area contributed by atoms with Crippen molar-refractivity contribution in [3.63, 3.8) is 0 Å². The summed E-state index contributed by atoms with van der Waals surface area (Å²) < 4.78 is 1.02. The van der Waals surface area contributed by atoms with Gasteiger partial charge in [0.1, 0.15) is 0 Å². The Morgan fingerprint density at radius 1 is 1.44 bits per heavy atom. The molecule has 0 amide bonds. The van der Waals surface area contributed by atoms with Crippen LogP contribution in [0.5, 0.6) is 0 Å². The van der Waals surface area contributed by atoms with Gasteiger partial charge in [0.25, 0.3) is 0 Å². The normalized spacial score (nSPS) is 14.8. The van der Waals surface area contributed by atoms with E-state index < -0.39 is 0 Å². The van der Waals surface area contributed by atoms with Crippen LogP contribution in [0.25, 0.3) is 0 Å². The topological polar surface area (TPSA) is 23.5 Å². The Bertz CT molecular complexity index is 361. The first-order valence-corrected chi connectivity index (χ1v) is 8.36. The molecule has 0 radical (unpaired) electrons. The summed E-state index contributed by atoms with van der Waals surface area (Å²) in [6.07, 6.45) is 2.51. The van der Waals surface area contributed by atoms with Gasteiger partial charge in [-0.3, -0.25) is 0 Å². The summed E-state index contributed by atoms with van der Waals surface area (Å²) in [6.45, 7) is 3.14. The molecule has 1 N–H and O–H groups in total. The van der Waals surface area contributed by atoms with Crippen LogP contribution < -0.4 is 0 Å². The third-order valence-electron chi connectivity index (χ3n) is 3.15. The molecule has 0 aromatic heterocycles. The third-order valence-corrected chi connectivity index (χ3v) is 4.46. The van der Waals surface area contributed by atoms with Crippen LogP contribution in [0.2, 0.25) is 0 Å². The highest BCUT2D eigenvalue weighted by Gasteiger charge is 2.12. The maximum Gasteiger partial charge on any atom is 0.0802 e. The number of nitrogens with zero attached hydrogens (tertiary/aromatic N) is 1. The number of rotatable bonds is 7. The van der Waals surface area contributed by atoms with Crippen LogP contribution in [0, 0.1) is 0 Å². The predicted molar refractivity (Wildman–Crippen MR) is 84.2 cm³/mol. The van der Waals surface area contributed by atoms with E-state index in [2.05, 4.69) is 41.1 Å². The average molecular weight is 332 g/mol. The minimum Gasteiger partial charge on any atom is -0.388 e. The van der Waals surface area contributed by atoms with E-state index in [1.54, 1.807) is 0 Å². The largest absolute Gasteiger partial charge is 0.388 e. The highest BCUT2D eigenvalue weighted by Crippen LogP contribution is 2.21. The average Bonchev–Trinajstić information content (AvgIpc) is 2.35. The molecule has 1 aromatic carbocycles. The van der Waals surface area contributed by atoms with Gasteiger partial charge in [-0.2, -0.15) is 11.8 Å². The molecule has 0 aliphatic carbocycles. The molecule has 4 heteroatoms. The predicted octanol–water partition coefficient (Wildman–Crippen LogP) is 3.56. The fraction of sp³-hybridized carbons (Fsp3) is 0.571. The van der Waals surface area contributed by atoms with Crippen molar-refractivity contribution in [2.24, 2.45) is 0 Å². The first-order valence-electron chi connectivity index (χ1n) is 6.17. The van der Waals surface area contributed by atoms with Crippen LogP contribution >= 0.6 is 27.7 Å². The van der Waals surface area contributed by atoms with Gasteiger partial charge in [-0.05, 0) is 44.3 Å². The zero-order valence-electron chi connectivity index (χ0n) is 11.3. The molecule has 2 atom stereocenters. The molecule has 0 bridgehead atoms. The summed E-state index contributed by atoms with van der Waals surface area (Å²) >= 11 is 5.29. The molecule has 0 fully saturated rings. The van der Waals surface area contributed by atoms with Crippen molar-refractivity contribution in [1.82, 2.24) is 4.90 Å². The Morgan fingerprint density at radius 2 is 2.17 bits per heavy atom. The van der Waals surface area contributed by atoms with E-state index in [0.29, 0.717) is 6.04 Å². The van der Waals surface area contributed by atoms with E-state index in [1.165, 1.54) is 0 Å². The van der Waals surface area contributed by atoms with Crippen molar-refractivity contribution < 1.29 is 5.11 Å². The van der Waals surface area contributed by atoms with Crippen molar-refractivity contribution >= 4 is 27.7 Å². The Labute approximate surface area is 123 Å². The lowest BCUT2D eigenvalue weighted by molar-refractivity contribution is 0.142. The summed E-state index contributed by atoms with van der Waals surface area (Å²) in [5.74, 6) is 1.13. The zero-order chi connectivity index (χ0) is 13.5. The monoisotopic (exact) mass is 331 g/mol. The van der Waals surface area contributed by atoms with Gasteiger partial charge in [-0.1, -0.05) is 28.1 Å². The summed E-state index contributed by atoms with van der Waals surface area (Å²) in [4.78, 5) is 2.30. The van der Waals surface area contributed by atoms with Crippen LogP contribution in [0.15, 0.2) is 28.7 Å². The second kappa shape index (κ2) is 8.20. The van der Waals surface area contributed by atoms with Gasteiger partial charge in [-0.25, -0.2) is 0 Å². The van der Waals surface area contributed by atoms with Crippen LogP contribution in [0.1, 0.15) is 25.0 Å². The molecule has 0 saturated carbocycles. The zero-order valence-corrected chi connectivity index (χ0v) is 13.7. The minimum atomic E-state index is -0.383. The molecule has 0 aliphatic rings. The van der Waals surface area contributed by atoms with Gasteiger partial charge in [0, 0.05) is 22.8 Å². The molecule has 0 spiro atoms. The molecule has 2 unspecified atom stereocenters. The van der Waals surface area contributed by atoms with E-state index in [1.807, 2.05) is 36.0 Å². The number of aliphatic hydroxyl groups excluding tert-OH is 1. The molecule has 2 nitrogen and oxygen atoms in total. The lowest BCUT2D eigenvalue weighted by Crippen LogP contribution is -2.32. The SMILES string of the molecule is CSCC(C)N(C)CCC(O)c1cccc(Br)c1. The number of aliphatic hydroxyl groups is 1. The van der Waals surface area contributed by atoms with E-state index in [4.69, 9.17) is 0 Å². The number of hydrogen-bond donors (Lipinski definition) is 1. The quantitative estimate of drug-likeness (QED) is 0.826. The van der Waals surface area contributed by atoms with Gasteiger partial charge >= 0.3 is 0 Å². The molecular weight excluding hydrogens is 310 g/mol. The molecule has 1 rings (SSSR count). The number of thioether (sulfide) groups is 1. The van der Waals surface area contributed by atoms with Gasteiger partial charge in [0.2, 0.25) is 0 Å². The minimum absolute atomic E-state index is 0.383. The van der Waals surface area contributed by atoms with Crippen molar-refractivity contribution in [2.45, 2.75) is 25.5 Å². The molecule has 18 heavy (non-hydrogen) atoms. The Kier molecular flexibility index (Phi) is 7.30. The van der Waals surface area contributed by atoms with Crippen molar-refractivity contribution in [3.05, 3.63) is 34.3 Å². The fourth-order valence-electron chi connectivity index (χ4n) is 1.80. The maximum absolute atomic E-state index is 10.2. The van der Waals surface area contributed by atoms with E-state index in [9.17, 15) is 5.11 Å². The summed E-state index contributed by atoms with van der Waals surface area (Å²) in [6, 6.07) is 8.44. The highest BCUT2D eigenvalue weighted by atomic mass is 79.9. The molecular formula is C14H22BrNOS. The summed E-state index contributed by atoms with van der Waals surface area (Å²) in [5.41, 5.74) is 0.982. The van der Waals surface area contributed by atoms with E-state index in [-0.39, 0.29) is 6.10 Å². The lowest BCUT2D eigenvalue weighted by atomic mass is 10.1. The van der Waals surface area contributed by atoms with Crippen LogP contribution in [0.3, 0.4) is 0 Å². The lowest BCUT2D eigenvalue weighted by Gasteiger charge is -2.25. The second-order valence-corrected chi connectivity index (χ2v) is 6.47. The van der Waals surface area contributed by atoms with Gasteiger partial charge < -0.3 is 10.0 Å². The van der Waals surface area contributed by atoms with Crippen molar-refractivity contribution in [3.8, 4) is 0 Å². The molecule has 0 aliphatic heterocycles.